The summed E-state index contributed by atoms with van der Waals surface area (Å²) in [6.45, 7) is 9.64. The van der Waals surface area contributed by atoms with Crippen LogP contribution in [0.25, 0.3) is 0 Å². The largest absolute Gasteiger partial charge is 0.480 e. The first-order chi connectivity index (χ1) is 23.1. The van der Waals surface area contributed by atoms with Crippen molar-refractivity contribution in [3.63, 3.8) is 0 Å². The number of hydrogen-bond donors (Lipinski definition) is 1. The summed E-state index contributed by atoms with van der Waals surface area (Å²) in [5.41, 5.74) is -0.626. The van der Waals surface area contributed by atoms with Crippen LogP contribution in [-0.2, 0) is 30.1 Å². The van der Waals surface area contributed by atoms with E-state index >= 15 is 0 Å². The number of benzene rings is 2. The van der Waals surface area contributed by atoms with Crippen molar-refractivity contribution in [2.75, 3.05) is 32.7 Å². The van der Waals surface area contributed by atoms with Gasteiger partial charge in [-0.05, 0) is 92.2 Å². The van der Waals surface area contributed by atoms with E-state index in [0.717, 1.165) is 55.7 Å². The Kier molecular flexibility index (Phi) is 11.1. The fraction of sp³-hybridized carbons (Fsp3) is 0.556. The Morgan fingerprint density at radius 1 is 0.959 bits per heavy atom. The molecule has 0 aliphatic carbocycles. The molecule has 2 aromatic carbocycles. The minimum absolute atomic E-state index is 0.0304. The Balaban J connectivity index is 1.29. The number of carbonyl (C=O) groups is 1. The lowest BCUT2D eigenvalue weighted by atomic mass is 9.87. The topological polar surface area (TPSA) is 61.6 Å². The fourth-order valence-corrected chi connectivity index (χ4v) is 7.64. The molecule has 0 radical (unpaired) electrons. The van der Waals surface area contributed by atoms with E-state index in [9.17, 15) is 40.6 Å². The first-order valence-electron chi connectivity index (χ1n) is 16.9. The van der Waals surface area contributed by atoms with Gasteiger partial charge in [0.25, 0.3) is 0 Å². The average molecular weight is 697 g/mol. The predicted octanol–water partition coefficient (Wildman–Crippen LogP) is 8.06. The lowest BCUT2D eigenvalue weighted by molar-refractivity contribution is -0.145. The first kappa shape index (κ1) is 36.8. The molecular formula is C36H43F7N4O2. The van der Waals surface area contributed by atoms with Crippen LogP contribution >= 0.6 is 0 Å². The van der Waals surface area contributed by atoms with Gasteiger partial charge in [-0.15, -0.1) is 0 Å². The summed E-state index contributed by atoms with van der Waals surface area (Å²) in [5, 5.41) is 14.6. The molecule has 3 aromatic rings. The van der Waals surface area contributed by atoms with Gasteiger partial charge in [-0.1, -0.05) is 32.4 Å². The molecule has 2 aliphatic heterocycles. The van der Waals surface area contributed by atoms with Gasteiger partial charge < -0.3 is 10.0 Å². The maximum atomic E-state index is 14.3. The number of likely N-dealkylation sites (tertiary alicyclic amines) is 2. The number of piperidine rings is 1. The second-order valence-electron chi connectivity index (χ2n) is 13.6. The fourth-order valence-electron chi connectivity index (χ4n) is 7.64. The number of carboxylic acids is 1. The van der Waals surface area contributed by atoms with Crippen molar-refractivity contribution in [1.29, 1.82) is 0 Å². The van der Waals surface area contributed by atoms with E-state index in [1.807, 2.05) is 31.7 Å². The Labute approximate surface area is 281 Å². The highest BCUT2D eigenvalue weighted by Gasteiger charge is 2.42. The van der Waals surface area contributed by atoms with E-state index < -0.39 is 35.5 Å². The quantitative estimate of drug-likeness (QED) is 0.206. The van der Waals surface area contributed by atoms with Gasteiger partial charge in [-0.25, -0.2) is 4.39 Å². The molecule has 2 saturated heterocycles. The summed E-state index contributed by atoms with van der Waals surface area (Å²) in [6.07, 6.45) is -7.73. The Morgan fingerprint density at radius 2 is 1.61 bits per heavy atom. The number of nitrogens with zero attached hydrogens (tertiary/aromatic N) is 4. The number of aromatic nitrogens is 2. The lowest BCUT2D eigenvalue weighted by Gasteiger charge is -2.35. The highest BCUT2D eigenvalue weighted by molar-refractivity contribution is 5.74. The number of aliphatic carboxylic acids is 1. The Bertz CT molecular complexity index is 1560. The van der Waals surface area contributed by atoms with E-state index in [1.54, 1.807) is 22.9 Å². The number of alkyl halides is 6. The van der Waals surface area contributed by atoms with Crippen molar-refractivity contribution in [3.05, 3.63) is 88.0 Å². The SMILES string of the molecule is CC[C@H](C)[C@H](C(=O)O)N1C[C@H](CN2CCC(c3cc(Cc4cc(C(F)(F)F)cc(C(F)(F)F)c4)nn3CC)CC2)[C@@H](c2cccc(F)c2)C1. The normalized spacial score (nSPS) is 21.3. The summed E-state index contributed by atoms with van der Waals surface area (Å²) in [5.74, 6) is -1.06. The second kappa shape index (κ2) is 14.8. The van der Waals surface area contributed by atoms with E-state index in [0.29, 0.717) is 31.9 Å². The second-order valence-corrected chi connectivity index (χ2v) is 13.6. The van der Waals surface area contributed by atoms with Gasteiger partial charge in [-0.2, -0.15) is 31.4 Å². The van der Waals surface area contributed by atoms with Gasteiger partial charge in [0.1, 0.15) is 11.9 Å². The summed E-state index contributed by atoms with van der Waals surface area (Å²) < 4.78 is 96.6. The maximum Gasteiger partial charge on any atom is 0.416 e. The highest BCUT2D eigenvalue weighted by Crippen LogP contribution is 2.39. The van der Waals surface area contributed by atoms with Crippen LogP contribution in [0, 0.1) is 17.7 Å². The molecule has 0 bridgehead atoms. The van der Waals surface area contributed by atoms with E-state index in [4.69, 9.17) is 0 Å². The molecule has 6 nitrogen and oxygen atoms in total. The molecule has 2 fully saturated rings. The van der Waals surface area contributed by atoms with Gasteiger partial charge in [0.15, 0.2) is 0 Å². The average Bonchev–Trinajstić information content (AvgIpc) is 3.64. The third kappa shape index (κ3) is 8.65. The molecule has 3 heterocycles. The Hall–Kier alpha value is -3.45. The number of hydrogen-bond acceptors (Lipinski definition) is 4. The molecule has 0 saturated carbocycles. The molecular weight excluding hydrogens is 653 g/mol. The van der Waals surface area contributed by atoms with Crippen LogP contribution in [0.2, 0.25) is 0 Å². The van der Waals surface area contributed by atoms with Crippen molar-refractivity contribution >= 4 is 5.97 Å². The first-order valence-corrected chi connectivity index (χ1v) is 16.9. The summed E-state index contributed by atoms with van der Waals surface area (Å²) in [7, 11) is 0. The van der Waals surface area contributed by atoms with E-state index in [1.165, 1.54) is 6.07 Å². The highest BCUT2D eigenvalue weighted by atomic mass is 19.4. The van der Waals surface area contributed by atoms with E-state index in [-0.39, 0.29) is 47.5 Å². The number of carboxylic acid groups (broad SMARTS) is 1. The third-order valence-corrected chi connectivity index (χ3v) is 10.3. The van der Waals surface area contributed by atoms with Gasteiger partial charge in [0, 0.05) is 50.1 Å². The van der Waals surface area contributed by atoms with Crippen molar-refractivity contribution < 1.29 is 40.6 Å². The van der Waals surface area contributed by atoms with Crippen molar-refractivity contribution in [2.24, 2.45) is 11.8 Å². The summed E-state index contributed by atoms with van der Waals surface area (Å²) >= 11 is 0. The van der Waals surface area contributed by atoms with Crippen molar-refractivity contribution in [2.45, 2.75) is 83.2 Å². The van der Waals surface area contributed by atoms with E-state index in [2.05, 4.69) is 10.00 Å². The summed E-state index contributed by atoms with van der Waals surface area (Å²) in [6, 6.07) is 9.34. The smallest absolute Gasteiger partial charge is 0.416 e. The summed E-state index contributed by atoms with van der Waals surface area (Å²) in [4.78, 5) is 16.7. The Morgan fingerprint density at radius 3 is 2.16 bits per heavy atom. The molecule has 0 spiro atoms. The number of aryl methyl sites for hydroxylation is 1. The monoisotopic (exact) mass is 696 g/mol. The molecule has 268 valence electrons. The van der Waals surface area contributed by atoms with Gasteiger partial charge in [0.2, 0.25) is 0 Å². The molecule has 0 amide bonds. The van der Waals surface area contributed by atoms with Crippen LogP contribution in [0.15, 0.2) is 48.5 Å². The zero-order valence-electron chi connectivity index (χ0n) is 27.9. The molecule has 1 aromatic heterocycles. The van der Waals surface area contributed by atoms with Crippen molar-refractivity contribution in [3.8, 4) is 0 Å². The van der Waals surface area contributed by atoms with Gasteiger partial charge in [-0.3, -0.25) is 14.4 Å². The molecule has 4 atom stereocenters. The molecule has 0 unspecified atom stereocenters. The lowest BCUT2D eigenvalue weighted by Crippen LogP contribution is -2.45. The maximum absolute atomic E-state index is 14.3. The number of halogens is 7. The molecule has 2 aliphatic rings. The van der Waals surface area contributed by atoms with Crippen molar-refractivity contribution in [1.82, 2.24) is 19.6 Å². The standard InChI is InChI=1S/C36H43F7N4O2/c1-4-22(3)33(34(48)49)46-20-26(31(21-46)25-7-6-8-29(37)16-25)19-45-11-9-24(10-12-45)32-18-30(44-47(32)5-2)15-23-13-27(35(38,39)40)17-28(14-23)36(41,42)43/h6-8,13-14,16-18,22,24,26,31,33H,4-5,9-12,15,19-21H2,1-3H3,(H,48,49)/t22-,26-,31+,33+/m0/s1. The zero-order valence-corrected chi connectivity index (χ0v) is 27.9. The van der Waals surface area contributed by atoms with Gasteiger partial charge >= 0.3 is 18.3 Å². The van der Waals surface area contributed by atoms with Crippen LogP contribution < -0.4 is 0 Å². The zero-order chi connectivity index (χ0) is 35.7. The third-order valence-electron chi connectivity index (χ3n) is 10.3. The van der Waals surface area contributed by atoms with Crippen LogP contribution in [-0.4, -0.2) is 69.4 Å². The minimum Gasteiger partial charge on any atom is -0.480 e. The van der Waals surface area contributed by atoms with Crippen LogP contribution in [0.4, 0.5) is 30.7 Å². The molecule has 1 N–H and O–H groups in total. The minimum atomic E-state index is -4.92. The molecule has 13 heteroatoms. The van der Waals surface area contributed by atoms with Crippen LogP contribution in [0.5, 0.6) is 0 Å². The number of rotatable bonds is 11. The van der Waals surface area contributed by atoms with Gasteiger partial charge in [0.05, 0.1) is 16.8 Å². The molecule has 49 heavy (non-hydrogen) atoms. The predicted molar refractivity (Wildman–Crippen MR) is 171 cm³/mol. The molecule has 5 rings (SSSR count). The van der Waals surface area contributed by atoms with Crippen LogP contribution in [0.3, 0.4) is 0 Å². The van der Waals surface area contributed by atoms with Crippen LogP contribution in [0.1, 0.15) is 85.5 Å².